The van der Waals surface area contributed by atoms with Gasteiger partial charge in [-0.05, 0) is 31.4 Å². The van der Waals surface area contributed by atoms with E-state index in [1.165, 1.54) is 18.0 Å². The summed E-state index contributed by atoms with van der Waals surface area (Å²) in [6, 6.07) is 2.22. The summed E-state index contributed by atoms with van der Waals surface area (Å²) in [7, 11) is 0. The third-order valence-corrected chi connectivity index (χ3v) is 5.02. The average Bonchev–Trinajstić information content (AvgIpc) is 3.11. The van der Waals surface area contributed by atoms with Gasteiger partial charge in [0.25, 0.3) is 5.91 Å². The van der Waals surface area contributed by atoms with Gasteiger partial charge >= 0.3 is 5.97 Å². The number of carboxylic acids is 1. The number of aryl methyl sites for hydroxylation is 1. The number of nitrogens with one attached hydrogen (secondary N) is 1. The Hall–Kier alpha value is -2.68. The Bertz CT molecular complexity index is 955. The van der Waals surface area contributed by atoms with E-state index in [0.29, 0.717) is 34.7 Å². The molecule has 1 unspecified atom stereocenters. The molecule has 1 aliphatic rings. The largest absolute Gasteiger partial charge is 0.480 e. The number of aliphatic carboxylic acids is 1. The Kier molecular flexibility index (Phi) is 5.59. The van der Waals surface area contributed by atoms with Gasteiger partial charge < -0.3 is 24.5 Å². The molecule has 27 heavy (non-hydrogen) atoms. The molecule has 1 aliphatic heterocycles. The molecule has 2 aromatic rings. The highest BCUT2D eigenvalue weighted by molar-refractivity contribution is 7.98. The van der Waals surface area contributed by atoms with E-state index in [4.69, 9.17) is 9.47 Å². The molecule has 0 bridgehead atoms. The molecule has 1 amide bonds. The summed E-state index contributed by atoms with van der Waals surface area (Å²) >= 11 is 1.49. The predicted molar refractivity (Wildman–Crippen MR) is 102 cm³/mol. The van der Waals surface area contributed by atoms with Gasteiger partial charge in [-0.15, -0.1) is 0 Å². The molecular weight excluding hydrogens is 372 g/mol. The Morgan fingerprint density at radius 1 is 1.33 bits per heavy atom. The third kappa shape index (κ3) is 3.73. The molecule has 0 spiro atoms. The van der Waals surface area contributed by atoms with Gasteiger partial charge in [0.15, 0.2) is 11.5 Å². The molecule has 0 saturated heterocycles. The van der Waals surface area contributed by atoms with Gasteiger partial charge in [0.1, 0.15) is 11.6 Å². The standard InChI is InChI=1S/C18H20N2O6S/c1-3-20-8-11(17(22)19-12(18(23)24)4-5-27-2)16(21)10-6-14-15(7-13(10)20)26-9-25-14/h6-8,12H,3-5,9H2,1-2H3,(H,19,22)(H,23,24). The van der Waals surface area contributed by atoms with E-state index in [9.17, 15) is 19.5 Å². The lowest BCUT2D eigenvalue weighted by atomic mass is 10.1. The maximum Gasteiger partial charge on any atom is 0.326 e. The molecule has 0 fully saturated rings. The van der Waals surface area contributed by atoms with Crippen LogP contribution in [0.15, 0.2) is 23.1 Å². The lowest BCUT2D eigenvalue weighted by Crippen LogP contribution is -2.42. The number of carboxylic acid groups (broad SMARTS) is 1. The fraction of sp³-hybridized carbons (Fsp3) is 0.389. The van der Waals surface area contributed by atoms with Crippen molar-refractivity contribution < 1.29 is 24.2 Å². The van der Waals surface area contributed by atoms with Crippen molar-refractivity contribution in [1.82, 2.24) is 9.88 Å². The maximum absolute atomic E-state index is 12.9. The molecule has 0 aliphatic carbocycles. The van der Waals surface area contributed by atoms with Crippen LogP contribution in [0.1, 0.15) is 23.7 Å². The van der Waals surface area contributed by atoms with Crippen molar-refractivity contribution in [2.75, 3.05) is 18.8 Å². The van der Waals surface area contributed by atoms with Crippen LogP contribution >= 0.6 is 11.8 Å². The minimum Gasteiger partial charge on any atom is -0.480 e. The topological polar surface area (TPSA) is 107 Å². The van der Waals surface area contributed by atoms with E-state index in [-0.39, 0.29) is 18.8 Å². The zero-order valence-electron chi connectivity index (χ0n) is 15.0. The van der Waals surface area contributed by atoms with Gasteiger partial charge in [0, 0.05) is 18.8 Å². The van der Waals surface area contributed by atoms with Crippen LogP contribution in [0, 0.1) is 0 Å². The van der Waals surface area contributed by atoms with Crippen molar-refractivity contribution in [1.29, 1.82) is 0 Å². The third-order valence-electron chi connectivity index (χ3n) is 4.37. The number of ether oxygens (including phenoxy) is 2. The molecular formula is C18H20N2O6S. The summed E-state index contributed by atoms with van der Waals surface area (Å²) in [5.41, 5.74) is 0.0542. The van der Waals surface area contributed by atoms with Crippen molar-refractivity contribution >= 4 is 34.5 Å². The number of benzene rings is 1. The number of pyridine rings is 1. The van der Waals surface area contributed by atoms with Gasteiger partial charge in [0.05, 0.1) is 10.9 Å². The van der Waals surface area contributed by atoms with Crippen LogP contribution in [-0.4, -0.2) is 46.4 Å². The quantitative estimate of drug-likeness (QED) is 0.738. The minimum absolute atomic E-state index is 0.0784. The van der Waals surface area contributed by atoms with E-state index in [1.807, 2.05) is 13.2 Å². The number of amides is 1. The van der Waals surface area contributed by atoms with Crippen molar-refractivity contribution in [3.8, 4) is 11.5 Å². The van der Waals surface area contributed by atoms with Crippen LogP contribution in [0.25, 0.3) is 10.9 Å². The van der Waals surface area contributed by atoms with Gasteiger partial charge in [0.2, 0.25) is 12.2 Å². The van der Waals surface area contributed by atoms with Crippen LogP contribution in [-0.2, 0) is 11.3 Å². The second kappa shape index (κ2) is 7.91. The van der Waals surface area contributed by atoms with Gasteiger partial charge in [-0.1, -0.05) is 0 Å². The molecule has 1 aromatic heterocycles. The summed E-state index contributed by atoms with van der Waals surface area (Å²) in [4.78, 5) is 36.9. The summed E-state index contributed by atoms with van der Waals surface area (Å²) in [6.07, 6.45) is 3.58. The van der Waals surface area contributed by atoms with Gasteiger partial charge in [-0.3, -0.25) is 9.59 Å². The zero-order valence-corrected chi connectivity index (χ0v) is 15.8. The molecule has 2 heterocycles. The van der Waals surface area contributed by atoms with E-state index in [1.54, 1.807) is 16.7 Å². The Morgan fingerprint density at radius 3 is 2.67 bits per heavy atom. The number of nitrogens with zero attached hydrogens (tertiary/aromatic N) is 1. The number of rotatable bonds is 7. The van der Waals surface area contributed by atoms with Gasteiger partial charge in [-0.25, -0.2) is 4.79 Å². The first-order valence-corrected chi connectivity index (χ1v) is 9.85. The number of thioether (sulfide) groups is 1. The molecule has 8 nitrogen and oxygen atoms in total. The molecule has 3 rings (SSSR count). The number of aromatic nitrogens is 1. The highest BCUT2D eigenvalue weighted by Crippen LogP contribution is 2.35. The SMILES string of the molecule is CCn1cc(C(=O)NC(CCSC)C(=O)O)c(=O)c2cc3c(cc21)OCO3. The fourth-order valence-electron chi connectivity index (χ4n) is 2.93. The number of carbonyl (C=O) groups excluding carboxylic acids is 1. The summed E-state index contributed by atoms with van der Waals surface area (Å²) in [5.74, 6) is -0.252. The van der Waals surface area contributed by atoms with E-state index < -0.39 is 23.3 Å². The first kappa shape index (κ1) is 19.1. The summed E-state index contributed by atoms with van der Waals surface area (Å²) < 4.78 is 12.4. The number of fused-ring (bicyclic) bond motifs is 2. The second-order valence-electron chi connectivity index (χ2n) is 6.03. The highest BCUT2D eigenvalue weighted by Gasteiger charge is 2.24. The average molecular weight is 392 g/mol. The van der Waals surface area contributed by atoms with Crippen LogP contribution in [0.4, 0.5) is 0 Å². The fourth-order valence-corrected chi connectivity index (χ4v) is 3.40. The lowest BCUT2D eigenvalue weighted by Gasteiger charge is -2.16. The maximum atomic E-state index is 12.9. The second-order valence-corrected chi connectivity index (χ2v) is 7.01. The molecule has 0 radical (unpaired) electrons. The highest BCUT2D eigenvalue weighted by atomic mass is 32.2. The van der Waals surface area contributed by atoms with Crippen LogP contribution in [0.3, 0.4) is 0 Å². The molecule has 1 aromatic carbocycles. The molecule has 9 heteroatoms. The van der Waals surface area contributed by atoms with E-state index >= 15 is 0 Å². The molecule has 144 valence electrons. The van der Waals surface area contributed by atoms with Crippen molar-refractivity contribution in [2.24, 2.45) is 0 Å². The van der Waals surface area contributed by atoms with E-state index in [2.05, 4.69) is 5.32 Å². The van der Waals surface area contributed by atoms with Crippen LogP contribution < -0.4 is 20.2 Å². The molecule has 0 saturated carbocycles. The van der Waals surface area contributed by atoms with Crippen molar-refractivity contribution in [3.05, 3.63) is 34.1 Å². The molecule has 2 N–H and O–H groups in total. The number of hydrogen-bond acceptors (Lipinski definition) is 6. The lowest BCUT2D eigenvalue weighted by molar-refractivity contribution is -0.139. The van der Waals surface area contributed by atoms with Crippen molar-refractivity contribution in [2.45, 2.75) is 25.9 Å². The smallest absolute Gasteiger partial charge is 0.326 e. The molecule has 1 atom stereocenters. The first-order valence-electron chi connectivity index (χ1n) is 8.45. The predicted octanol–water partition coefficient (Wildman–Crippen LogP) is 1.69. The number of hydrogen-bond donors (Lipinski definition) is 2. The monoisotopic (exact) mass is 392 g/mol. The van der Waals surface area contributed by atoms with E-state index in [0.717, 1.165) is 0 Å². The minimum atomic E-state index is -1.13. The van der Waals surface area contributed by atoms with Gasteiger partial charge in [-0.2, -0.15) is 11.8 Å². The van der Waals surface area contributed by atoms with Crippen LogP contribution in [0.2, 0.25) is 0 Å². The number of carbonyl (C=O) groups is 2. The zero-order chi connectivity index (χ0) is 19.6. The summed E-state index contributed by atoms with van der Waals surface area (Å²) in [6.45, 7) is 2.48. The first-order chi connectivity index (χ1) is 13.0. The van der Waals surface area contributed by atoms with Crippen LogP contribution in [0.5, 0.6) is 11.5 Å². The Morgan fingerprint density at radius 2 is 2.04 bits per heavy atom. The van der Waals surface area contributed by atoms with Crippen molar-refractivity contribution in [3.63, 3.8) is 0 Å². The summed E-state index contributed by atoms with van der Waals surface area (Å²) in [5, 5.41) is 12.1. The normalized spacial score (nSPS) is 13.6. The Balaban J connectivity index is 2.02. The Labute approximate surface area is 159 Å².